The van der Waals surface area contributed by atoms with Crippen LogP contribution in [0.4, 0.5) is 24.5 Å². The van der Waals surface area contributed by atoms with E-state index in [1.807, 2.05) is 30.0 Å². The molecule has 1 aliphatic rings. The highest BCUT2D eigenvalue weighted by atomic mass is 19.4. The monoisotopic (exact) mass is 445 g/mol. The van der Waals surface area contributed by atoms with E-state index in [9.17, 15) is 18.0 Å². The molecule has 2 heterocycles. The van der Waals surface area contributed by atoms with E-state index >= 15 is 0 Å². The molecule has 1 saturated heterocycles. The summed E-state index contributed by atoms with van der Waals surface area (Å²) in [4.78, 5) is 18.9. The summed E-state index contributed by atoms with van der Waals surface area (Å²) in [6, 6.07) is 12.5. The highest BCUT2D eigenvalue weighted by molar-refractivity contribution is 5.96. The molecule has 6 nitrogen and oxygen atoms in total. The molecule has 32 heavy (non-hydrogen) atoms. The number of anilines is 2. The predicted molar refractivity (Wildman–Crippen MR) is 115 cm³/mol. The normalized spacial score (nSPS) is 14.4. The number of morpholine rings is 1. The summed E-state index contributed by atoms with van der Waals surface area (Å²) in [5.74, 6) is -0.137. The first kappa shape index (κ1) is 21.9. The lowest BCUT2D eigenvalue weighted by Crippen LogP contribution is -2.37. The molecule has 2 aromatic carbocycles. The topological polar surface area (TPSA) is 63.7 Å². The number of carbonyl (C=O) groups is 1. The van der Waals surface area contributed by atoms with Gasteiger partial charge < -0.3 is 19.7 Å². The van der Waals surface area contributed by atoms with Crippen LogP contribution < -0.4 is 15.0 Å². The number of rotatable bonds is 5. The molecule has 0 spiro atoms. The number of fused-ring (bicyclic) bond motifs is 1. The van der Waals surface area contributed by atoms with Gasteiger partial charge in [0.25, 0.3) is 5.91 Å². The van der Waals surface area contributed by atoms with Crippen molar-refractivity contribution in [3.63, 3.8) is 0 Å². The molecular formula is C23H22F3N3O3. The Hall–Kier alpha value is -3.33. The molecule has 1 aliphatic heterocycles. The standard InChI is InChI=1S/C23H22F3N3O3/c1-15-5-6-16-3-2-4-20(22(16)27-15)32-14-21(30)28-18-13-17(23(24,25)26)7-8-19(18)29-9-11-31-12-10-29/h2-8,13H,9-12,14H2,1H3,(H,28,30). The van der Waals surface area contributed by atoms with Crippen molar-refractivity contribution < 1.29 is 27.4 Å². The fraction of sp³-hybridized carbons (Fsp3) is 0.304. The van der Waals surface area contributed by atoms with Gasteiger partial charge in [-0.3, -0.25) is 4.79 Å². The van der Waals surface area contributed by atoms with Crippen LogP contribution in [-0.4, -0.2) is 43.8 Å². The molecule has 1 aromatic heterocycles. The van der Waals surface area contributed by atoms with E-state index in [1.54, 1.807) is 12.1 Å². The van der Waals surface area contributed by atoms with E-state index in [0.717, 1.165) is 23.2 Å². The summed E-state index contributed by atoms with van der Waals surface area (Å²) in [5, 5.41) is 3.45. The predicted octanol–water partition coefficient (Wildman–Crippen LogP) is 4.42. The number of amides is 1. The first-order valence-corrected chi connectivity index (χ1v) is 10.1. The van der Waals surface area contributed by atoms with Crippen molar-refractivity contribution in [2.24, 2.45) is 0 Å². The van der Waals surface area contributed by atoms with Crippen LogP contribution in [0, 0.1) is 6.92 Å². The Labute approximate surface area is 182 Å². The van der Waals surface area contributed by atoms with E-state index in [1.165, 1.54) is 6.07 Å². The molecule has 3 aromatic rings. The zero-order valence-corrected chi connectivity index (χ0v) is 17.4. The highest BCUT2D eigenvalue weighted by Crippen LogP contribution is 2.36. The van der Waals surface area contributed by atoms with Crippen LogP contribution in [0.15, 0.2) is 48.5 Å². The van der Waals surface area contributed by atoms with Gasteiger partial charge in [0.15, 0.2) is 6.61 Å². The van der Waals surface area contributed by atoms with Crippen LogP contribution >= 0.6 is 0 Å². The first-order chi connectivity index (χ1) is 15.3. The van der Waals surface area contributed by atoms with Crippen molar-refractivity contribution in [3.8, 4) is 5.75 Å². The molecule has 168 valence electrons. The van der Waals surface area contributed by atoms with Crippen LogP contribution in [0.3, 0.4) is 0 Å². The second kappa shape index (κ2) is 9.04. The molecule has 0 bridgehead atoms. The van der Waals surface area contributed by atoms with Crippen molar-refractivity contribution >= 4 is 28.2 Å². The summed E-state index contributed by atoms with van der Waals surface area (Å²) in [7, 11) is 0. The van der Waals surface area contributed by atoms with Crippen LogP contribution in [0.5, 0.6) is 5.75 Å². The Morgan fingerprint density at radius 3 is 2.69 bits per heavy atom. The van der Waals surface area contributed by atoms with Gasteiger partial charge in [-0.05, 0) is 37.3 Å². The van der Waals surface area contributed by atoms with E-state index < -0.39 is 17.6 Å². The number of aromatic nitrogens is 1. The summed E-state index contributed by atoms with van der Waals surface area (Å²) >= 11 is 0. The van der Waals surface area contributed by atoms with Crippen LogP contribution in [0.25, 0.3) is 10.9 Å². The van der Waals surface area contributed by atoms with E-state index in [-0.39, 0.29) is 12.3 Å². The van der Waals surface area contributed by atoms with Crippen molar-refractivity contribution in [2.75, 3.05) is 43.1 Å². The van der Waals surface area contributed by atoms with Gasteiger partial charge in [0.05, 0.1) is 30.2 Å². The third-order valence-corrected chi connectivity index (χ3v) is 5.13. The molecule has 0 unspecified atom stereocenters. The Balaban J connectivity index is 1.54. The smallest absolute Gasteiger partial charge is 0.416 e. The van der Waals surface area contributed by atoms with Gasteiger partial charge in [-0.25, -0.2) is 4.98 Å². The number of nitrogens with zero attached hydrogens (tertiary/aromatic N) is 2. The maximum Gasteiger partial charge on any atom is 0.416 e. The number of benzene rings is 2. The Morgan fingerprint density at radius 1 is 1.16 bits per heavy atom. The number of aryl methyl sites for hydroxylation is 1. The number of nitrogens with one attached hydrogen (secondary N) is 1. The second-order valence-corrected chi connectivity index (χ2v) is 7.45. The zero-order chi connectivity index (χ0) is 22.7. The van der Waals surface area contributed by atoms with Gasteiger partial charge >= 0.3 is 6.18 Å². The van der Waals surface area contributed by atoms with Gasteiger partial charge in [0.2, 0.25) is 0 Å². The highest BCUT2D eigenvalue weighted by Gasteiger charge is 2.32. The summed E-state index contributed by atoms with van der Waals surface area (Å²) in [6.07, 6.45) is -4.52. The molecule has 1 fully saturated rings. The van der Waals surface area contributed by atoms with Crippen molar-refractivity contribution in [2.45, 2.75) is 13.1 Å². The lowest BCUT2D eigenvalue weighted by atomic mass is 10.1. The van der Waals surface area contributed by atoms with Crippen molar-refractivity contribution in [1.29, 1.82) is 0 Å². The van der Waals surface area contributed by atoms with E-state index in [2.05, 4.69) is 10.3 Å². The number of ether oxygens (including phenoxy) is 2. The number of carbonyl (C=O) groups excluding carboxylic acids is 1. The van der Waals surface area contributed by atoms with Crippen LogP contribution in [0.2, 0.25) is 0 Å². The first-order valence-electron chi connectivity index (χ1n) is 10.1. The molecule has 1 amide bonds. The molecule has 4 rings (SSSR count). The average molecular weight is 445 g/mol. The SMILES string of the molecule is Cc1ccc2cccc(OCC(=O)Nc3cc(C(F)(F)F)ccc3N3CCOCC3)c2n1. The zero-order valence-electron chi connectivity index (χ0n) is 17.4. The maximum atomic E-state index is 13.3. The van der Waals surface area contributed by atoms with Gasteiger partial charge in [-0.2, -0.15) is 13.2 Å². The minimum atomic E-state index is -4.52. The number of alkyl halides is 3. The Morgan fingerprint density at radius 2 is 1.94 bits per heavy atom. The Bertz CT molecular complexity index is 1130. The largest absolute Gasteiger partial charge is 0.481 e. The summed E-state index contributed by atoms with van der Waals surface area (Å²) in [5.41, 5.74) is 1.18. The number of hydrogen-bond acceptors (Lipinski definition) is 5. The van der Waals surface area contributed by atoms with Crippen molar-refractivity contribution in [3.05, 3.63) is 59.8 Å². The van der Waals surface area contributed by atoms with Crippen molar-refractivity contribution in [1.82, 2.24) is 4.98 Å². The number of halogens is 3. The third kappa shape index (κ3) is 4.94. The van der Waals surface area contributed by atoms with Gasteiger partial charge in [-0.15, -0.1) is 0 Å². The molecule has 1 N–H and O–H groups in total. The van der Waals surface area contributed by atoms with Crippen LogP contribution in [-0.2, 0) is 15.7 Å². The molecule has 0 radical (unpaired) electrons. The number of para-hydroxylation sites is 1. The number of hydrogen-bond donors (Lipinski definition) is 1. The quantitative estimate of drug-likeness (QED) is 0.630. The van der Waals surface area contributed by atoms with E-state index in [4.69, 9.17) is 9.47 Å². The van der Waals surface area contributed by atoms with Gasteiger partial charge in [-0.1, -0.05) is 18.2 Å². The fourth-order valence-electron chi connectivity index (χ4n) is 3.56. The van der Waals surface area contributed by atoms with Gasteiger partial charge in [0.1, 0.15) is 11.3 Å². The van der Waals surface area contributed by atoms with Crippen LogP contribution in [0.1, 0.15) is 11.3 Å². The van der Waals surface area contributed by atoms with Gasteiger partial charge in [0, 0.05) is 24.2 Å². The molecule has 9 heteroatoms. The third-order valence-electron chi connectivity index (χ3n) is 5.13. The van der Waals surface area contributed by atoms with E-state index in [0.29, 0.717) is 43.3 Å². The lowest BCUT2D eigenvalue weighted by molar-refractivity contribution is -0.137. The molecule has 0 saturated carbocycles. The lowest BCUT2D eigenvalue weighted by Gasteiger charge is -2.31. The average Bonchev–Trinajstić information content (AvgIpc) is 2.77. The minimum Gasteiger partial charge on any atom is -0.481 e. The summed E-state index contributed by atoms with van der Waals surface area (Å²) < 4.78 is 50.7. The second-order valence-electron chi connectivity index (χ2n) is 7.45. The molecule has 0 aliphatic carbocycles. The number of pyridine rings is 1. The molecular weight excluding hydrogens is 423 g/mol. The fourth-order valence-corrected chi connectivity index (χ4v) is 3.56. The minimum absolute atomic E-state index is 0.0854. The molecule has 0 atom stereocenters. The Kier molecular flexibility index (Phi) is 6.18. The maximum absolute atomic E-state index is 13.3. The summed E-state index contributed by atoms with van der Waals surface area (Å²) in [6.45, 7) is 3.45.